The predicted molar refractivity (Wildman–Crippen MR) is 78.8 cm³/mol. The first-order valence-corrected chi connectivity index (χ1v) is 8.09. The van der Waals surface area contributed by atoms with Gasteiger partial charge in [-0.05, 0) is 24.3 Å². The molecule has 1 heterocycles. The highest BCUT2D eigenvalue weighted by molar-refractivity contribution is 5.87. The lowest BCUT2D eigenvalue weighted by Gasteiger charge is -2.39. The molecular weight excluding hydrogens is 280 g/mol. The molecule has 116 valence electrons. The van der Waals surface area contributed by atoms with Crippen LogP contribution in [0, 0.1) is 23.7 Å². The molecule has 0 radical (unpaired) electrons. The van der Waals surface area contributed by atoms with E-state index in [1.54, 1.807) is 0 Å². The van der Waals surface area contributed by atoms with E-state index in [1.165, 1.54) is 0 Å². The van der Waals surface area contributed by atoms with Crippen LogP contribution in [-0.2, 0) is 25.7 Å². The largest absolute Gasteiger partial charge is 0.461 e. The van der Waals surface area contributed by atoms with Crippen molar-refractivity contribution in [2.24, 2.45) is 23.7 Å². The maximum Gasteiger partial charge on any atom is 0.313 e. The number of hydrogen-bond acceptors (Lipinski definition) is 4. The lowest BCUT2D eigenvalue weighted by atomic mass is 9.72. The fourth-order valence-corrected chi connectivity index (χ4v) is 4.35. The molecule has 0 bridgehead atoms. The maximum absolute atomic E-state index is 12.1. The van der Waals surface area contributed by atoms with Crippen LogP contribution < -0.4 is 0 Å². The number of carbonyl (C=O) groups is 2. The number of carbonyl (C=O) groups excluding carboxylic acids is 2. The van der Waals surface area contributed by atoms with E-state index in [-0.39, 0.29) is 29.8 Å². The Morgan fingerprint density at radius 2 is 1.95 bits per heavy atom. The van der Waals surface area contributed by atoms with E-state index in [2.05, 4.69) is 0 Å². The monoisotopic (exact) mass is 300 g/mol. The Labute approximate surface area is 129 Å². The minimum atomic E-state index is -0.115. The zero-order chi connectivity index (χ0) is 15.1. The molecule has 0 aromatic heterocycles. The zero-order valence-corrected chi connectivity index (χ0v) is 12.4. The Balaban J connectivity index is 1.39. The van der Waals surface area contributed by atoms with E-state index in [9.17, 15) is 9.59 Å². The van der Waals surface area contributed by atoms with Gasteiger partial charge >= 0.3 is 5.97 Å². The van der Waals surface area contributed by atoms with Crippen LogP contribution in [-0.4, -0.2) is 24.5 Å². The van der Waals surface area contributed by atoms with Crippen molar-refractivity contribution in [3.8, 4) is 0 Å². The molecule has 1 aromatic rings. The van der Waals surface area contributed by atoms with Crippen LogP contribution in [0.15, 0.2) is 30.3 Å². The van der Waals surface area contributed by atoms with E-state index in [0.717, 1.165) is 12.0 Å². The second-order valence-electron chi connectivity index (χ2n) is 6.69. The highest BCUT2D eigenvalue weighted by Crippen LogP contribution is 2.52. The van der Waals surface area contributed by atoms with Crippen molar-refractivity contribution in [1.29, 1.82) is 0 Å². The quantitative estimate of drug-likeness (QED) is 0.801. The zero-order valence-electron chi connectivity index (χ0n) is 12.4. The van der Waals surface area contributed by atoms with Crippen molar-refractivity contribution in [3.05, 3.63) is 35.9 Å². The molecule has 0 unspecified atom stereocenters. The van der Waals surface area contributed by atoms with Crippen molar-refractivity contribution in [2.45, 2.75) is 32.0 Å². The van der Waals surface area contributed by atoms with Gasteiger partial charge in [-0.25, -0.2) is 0 Å². The molecule has 3 fully saturated rings. The normalized spacial score (nSPS) is 36.3. The number of hydrogen-bond donors (Lipinski definition) is 0. The Morgan fingerprint density at radius 1 is 1.14 bits per heavy atom. The molecule has 1 aromatic carbocycles. The van der Waals surface area contributed by atoms with Crippen molar-refractivity contribution in [3.63, 3.8) is 0 Å². The van der Waals surface area contributed by atoms with Gasteiger partial charge in [0.25, 0.3) is 0 Å². The summed E-state index contributed by atoms with van der Waals surface area (Å²) in [7, 11) is 0. The number of fused-ring (bicyclic) bond motifs is 3. The fourth-order valence-electron chi connectivity index (χ4n) is 4.35. The highest BCUT2D eigenvalue weighted by atomic mass is 16.6. The van der Waals surface area contributed by atoms with Crippen LogP contribution in [0.2, 0.25) is 0 Å². The molecule has 3 aliphatic rings. The van der Waals surface area contributed by atoms with E-state index in [0.29, 0.717) is 37.8 Å². The number of ether oxygens (including phenoxy) is 2. The van der Waals surface area contributed by atoms with Gasteiger partial charge in [-0.15, -0.1) is 0 Å². The molecule has 22 heavy (non-hydrogen) atoms. The number of esters is 1. The van der Waals surface area contributed by atoms with Crippen molar-refractivity contribution < 1.29 is 19.1 Å². The van der Waals surface area contributed by atoms with Gasteiger partial charge in [-0.1, -0.05) is 30.3 Å². The van der Waals surface area contributed by atoms with E-state index in [4.69, 9.17) is 9.47 Å². The first-order valence-electron chi connectivity index (χ1n) is 8.09. The first-order chi connectivity index (χ1) is 10.7. The van der Waals surface area contributed by atoms with Crippen LogP contribution in [0.3, 0.4) is 0 Å². The summed E-state index contributed by atoms with van der Waals surface area (Å²) in [6.07, 6.45) is 2.14. The lowest BCUT2D eigenvalue weighted by molar-refractivity contribution is -0.188. The Hall–Kier alpha value is -1.68. The maximum atomic E-state index is 12.1. The molecule has 1 saturated heterocycles. The molecule has 1 aliphatic heterocycles. The third-order valence-corrected chi connectivity index (χ3v) is 5.47. The molecule has 0 amide bonds. The average Bonchev–Trinajstić information content (AvgIpc) is 2.85. The summed E-state index contributed by atoms with van der Waals surface area (Å²) in [5.74, 6) is 0.690. The summed E-state index contributed by atoms with van der Waals surface area (Å²) < 4.78 is 11.2. The van der Waals surface area contributed by atoms with E-state index < -0.39 is 0 Å². The average molecular weight is 300 g/mol. The minimum absolute atomic E-state index is 0.0144. The van der Waals surface area contributed by atoms with Crippen molar-refractivity contribution >= 4 is 11.8 Å². The van der Waals surface area contributed by atoms with E-state index in [1.807, 2.05) is 30.3 Å². The Morgan fingerprint density at radius 3 is 2.73 bits per heavy atom. The molecule has 2 saturated carbocycles. The summed E-state index contributed by atoms with van der Waals surface area (Å²) in [6, 6.07) is 10.1. The standard InChI is InChI=1S/C18H20O4/c19-15-7-6-12(10-21-9-11-4-2-1-3-5-11)16-13(15)8-14-17(16)22-18(14)20/h1-5,12-14,16-17H,6-10H2/t12-,13-,14+,16-,17+/m1/s1. The van der Waals surface area contributed by atoms with Crippen LogP contribution >= 0.6 is 0 Å². The van der Waals surface area contributed by atoms with Gasteiger partial charge in [-0.3, -0.25) is 9.59 Å². The van der Waals surface area contributed by atoms with Gasteiger partial charge in [-0.2, -0.15) is 0 Å². The van der Waals surface area contributed by atoms with Gasteiger partial charge in [0.15, 0.2) is 0 Å². The van der Waals surface area contributed by atoms with Crippen molar-refractivity contribution in [1.82, 2.24) is 0 Å². The summed E-state index contributed by atoms with van der Waals surface area (Å²) in [5.41, 5.74) is 1.16. The molecular formula is C18H20O4. The van der Waals surface area contributed by atoms with Gasteiger partial charge in [0.2, 0.25) is 0 Å². The fraction of sp³-hybridized carbons (Fsp3) is 0.556. The third-order valence-electron chi connectivity index (χ3n) is 5.47. The number of Topliss-reactive ketones (excluding diaryl/α,β-unsaturated/α-hetero) is 1. The van der Waals surface area contributed by atoms with Crippen LogP contribution in [0.4, 0.5) is 0 Å². The summed E-state index contributed by atoms with van der Waals surface area (Å²) >= 11 is 0. The second-order valence-corrected chi connectivity index (χ2v) is 6.69. The number of ketones is 1. The molecule has 4 rings (SSSR count). The molecule has 0 spiro atoms. The van der Waals surface area contributed by atoms with Gasteiger partial charge < -0.3 is 9.47 Å². The molecule has 5 atom stereocenters. The van der Waals surface area contributed by atoms with Crippen molar-refractivity contribution in [2.75, 3.05) is 6.61 Å². The lowest BCUT2D eigenvalue weighted by Crippen LogP contribution is -2.48. The summed E-state index contributed by atoms with van der Waals surface area (Å²) in [5, 5.41) is 0. The number of rotatable bonds is 4. The smallest absolute Gasteiger partial charge is 0.313 e. The summed E-state index contributed by atoms with van der Waals surface area (Å²) in [4.78, 5) is 23.6. The second kappa shape index (κ2) is 5.51. The summed E-state index contributed by atoms with van der Waals surface area (Å²) in [6.45, 7) is 1.24. The Bertz CT molecular complexity index is 582. The number of benzene rings is 1. The molecule has 2 aliphatic carbocycles. The topological polar surface area (TPSA) is 52.6 Å². The first kappa shape index (κ1) is 13.9. The van der Waals surface area contributed by atoms with E-state index >= 15 is 0 Å². The van der Waals surface area contributed by atoms with Crippen LogP contribution in [0.1, 0.15) is 24.8 Å². The van der Waals surface area contributed by atoms with Crippen LogP contribution in [0.5, 0.6) is 0 Å². The van der Waals surface area contributed by atoms with Gasteiger partial charge in [0, 0.05) is 18.3 Å². The highest BCUT2D eigenvalue weighted by Gasteiger charge is 2.60. The van der Waals surface area contributed by atoms with Gasteiger partial charge in [0.1, 0.15) is 11.9 Å². The third kappa shape index (κ3) is 2.26. The molecule has 4 heteroatoms. The molecule has 0 N–H and O–H groups in total. The predicted octanol–water partition coefficient (Wildman–Crippen LogP) is 2.36. The van der Waals surface area contributed by atoms with Crippen LogP contribution in [0.25, 0.3) is 0 Å². The minimum Gasteiger partial charge on any atom is -0.461 e. The van der Waals surface area contributed by atoms with Gasteiger partial charge in [0.05, 0.1) is 19.1 Å². The SMILES string of the molecule is O=C1O[C@@H]2[C@@H]3[C@@H](COCc4ccccc4)CCC(=O)[C@H]3C[C@H]12. The Kier molecular flexibility index (Phi) is 3.49. The molecule has 4 nitrogen and oxygen atoms in total.